The highest BCUT2D eigenvalue weighted by atomic mass is 19.2. The summed E-state index contributed by atoms with van der Waals surface area (Å²) in [4.78, 5) is 0. The monoisotopic (exact) mass is 309 g/mol. The van der Waals surface area contributed by atoms with Crippen molar-refractivity contribution in [2.24, 2.45) is 0 Å². The van der Waals surface area contributed by atoms with E-state index in [0.29, 0.717) is 6.07 Å². The predicted molar refractivity (Wildman–Crippen MR) is 59.9 cm³/mol. The molecule has 0 aliphatic rings. The van der Waals surface area contributed by atoms with Gasteiger partial charge < -0.3 is 5.32 Å². The van der Waals surface area contributed by atoms with Gasteiger partial charge in [0.15, 0.2) is 23.3 Å². The molecule has 8 heteroatoms. The molecule has 0 unspecified atom stereocenters. The summed E-state index contributed by atoms with van der Waals surface area (Å²) in [7, 11) is 0. The number of halogens is 7. The normalized spacial score (nSPS) is 10.8. The smallest absolute Gasteiger partial charge is 0.200 e. The quantitative estimate of drug-likeness (QED) is 0.507. The molecule has 0 radical (unpaired) electrons. The van der Waals surface area contributed by atoms with Gasteiger partial charge in [-0.3, -0.25) is 0 Å². The SMILES string of the molecule is Fc1ccc(CNc2c(F)c(F)c(F)c(F)c2F)c(F)c1. The second kappa shape index (κ2) is 5.63. The molecule has 1 N–H and O–H groups in total. The third kappa shape index (κ3) is 2.79. The lowest BCUT2D eigenvalue weighted by molar-refractivity contribution is 0.381. The highest BCUT2D eigenvalue weighted by molar-refractivity contribution is 5.48. The standard InChI is InChI=1S/C13H6F7N/c14-6-2-1-5(7(15)3-6)4-21-13-11(19)9(17)8(16)10(18)12(13)20/h1-3,21H,4H2. The Kier molecular flexibility index (Phi) is 4.06. The lowest BCUT2D eigenvalue weighted by Crippen LogP contribution is -2.10. The van der Waals surface area contributed by atoms with Crippen molar-refractivity contribution in [3.05, 3.63) is 64.5 Å². The maximum Gasteiger partial charge on any atom is 0.200 e. The summed E-state index contributed by atoms with van der Waals surface area (Å²) < 4.78 is 91.3. The van der Waals surface area contributed by atoms with Crippen LogP contribution in [0.1, 0.15) is 5.56 Å². The molecule has 1 nitrogen and oxygen atoms in total. The molecule has 112 valence electrons. The molecule has 0 amide bonds. The van der Waals surface area contributed by atoms with Crippen LogP contribution in [0.25, 0.3) is 0 Å². The van der Waals surface area contributed by atoms with Gasteiger partial charge in [-0.25, -0.2) is 30.7 Å². The lowest BCUT2D eigenvalue weighted by atomic mass is 10.2. The molecule has 0 spiro atoms. The zero-order chi connectivity index (χ0) is 15.7. The summed E-state index contributed by atoms with van der Waals surface area (Å²) in [5, 5.41) is 1.91. The van der Waals surface area contributed by atoms with Crippen LogP contribution < -0.4 is 5.32 Å². The second-order valence-electron chi connectivity index (χ2n) is 4.03. The van der Waals surface area contributed by atoms with Crippen LogP contribution in [0.2, 0.25) is 0 Å². The Hall–Kier alpha value is -2.25. The number of nitrogens with one attached hydrogen (secondary N) is 1. The highest BCUT2D eigenvalue weighted by Crippen LogP contribution is 2.27. The van der Waals surface area contributed by atoms with Gasteiger partial charge in [-0.2, -0.15) is 0 Å². The van der Waals surface area contributed by atoms with Crippen molar-refractivity contribution in [3.63, 3.8) is 0 Å². The molecule has 0 aliphatic heterocycles. The average molecular weight is 309 g/mol. The summed E-state index contributed by atoms with van der Waals surface area (Å²) in [5.41, 5.74) is -1.49. The van der Waals surface area contributed by atoms with Crippen molar-refractivity contribution in [1.82, 2.24) is 0 Å². The summed E-state index contributed by atoms with van der Waals surface area (Å²) >= 11 is 0. The van der Waals surface area contributed by atoms with Gasteiger partial charge in [0.1, 0.15) is 17.3 Å². The fourth-order valence-electron chi connectivity index (χ4n) is 1.61. The number of hydrogen-bond donors (Lipinski definition) is 1. The van der Waals surface area contributed by atoms with Gasteiger partial charge in [0, 0.05) is 18.2 Å². The molecule has 0 saturated carbocycles. The molecule has 0 saturated heterocycles. The van der Waals surface area contributed by atoms with E-state index in [4.69, 9.17) is 0 Å². The van der Waals surface area contributed by atoms with Crippen LogP contribution in [0.4, 0.5) is 36.4 Å². The van der Waals surface area contributed by atoms with E-state index in [-0.39, 0.29) is 5.56 Å². The molecule has 2 aromatic carbocycles. The van der Waals surface area contributed by atoms with Crippen molar-refractivity contribution in [2.75, 3.05) is 5.32 Å². The first kappa shape index (κ1) is 15.1. The molecular weight excluding hydrogens is 303 g/mol. The Morgan fingerprint density at radius 2 is 1.24 bits per heavy atom. The molecular formula is C13H6F7N. The van der Waals surface area contributed by atoms with Crippen molar-refractivity contribution in [1.29, 1.82) is 0 Å². The van der Waals surface area contributed by atoms with E-state index < -0.39 is 53.0 Å². The Bertz CT molecular complexity index is 670. The largest absolute Gasteiger partial charge is 0.376 e. The van der Waals surface area contributed by atoms with Gasteiger partial charge in [0.2, 0.25) is 5.82 Å². The molecule has 0 aromatic heterocycles. The fourth-order valence-corrected chi connectivity index (χ4v) is 1.61. The van der Waals surface area contributed by atoms with Crippen molar-refractivity contribution in [3.8, 4) is 0 Å². The van der Waals surface area contributed by atoms with E-state index in [0.717, 1.165) is 12.1 Å². The van der Waals surface area contributed by atoms with Gasteiger partial charge in [0.25, 0.3) is 0 Å². The van der Waals surface area contributed by atoms with E-state index in [1.54, 1.807) is 0 Å². The van der Waals surface area contributed by atoms with E-state index >= 15 is 0 Å². The Labute approximate surface area is 114 Å². The Morgan fingerprint density at radius 1 is 0.714 bits per heavy atom. The minimum atomic E-state index is -2.29. The lowest BCUT2D eigenvalue weighted by Gasteiger charge is -2.11. The summed E-state index contributed by atoms with van der Waals surface area (Å²) in [5.74, 6) is -12.5. The second-order valence-corrected chi connectivity index (χ2v) is 4.03. The van der Waals surface area contributed by atoms with Crippen LogP contribution in [0.15, 0.2) is 18.2 Å². The molecule has 2 aromatic rings. The van der Waals surface area contributed by atoms with E-state index in [1.807, 2.05) is 5.32 Å². The molecule has 0 aliphatic carbocycles. The molecule has 0 bridgehead atoms. The zero-order valence-corrected chi connectivity index (χ0v) is 10.1. The van der Waals surface area contributed by atoms with Gasteiger partial charge in [0.05, 0.1) is 0 Å². The predicted octanol–water partition coefficient (Wildman–Crippen LogP) is 4.27. The van der Waals surface area contributed by atoms with Crippen LogP contribution in [0.3, 0.4) is 0 Å². The first-order valence-corrected chi connectivity index (χ1v) is 5.52. The van der Waals surface area contributed by atoms with Crippen LogP contribution in [0.5, 0.6) is 0 Å². The topological polar surface area (TPSA) is 12.0 Å². The first-order chi connectivity index (χ1) is 9.82. The first-order valence-electron chi connectivity index (χ1n) is 5.52. The Balaban J connectivity index is 2.32. The third-order valence-electron chi connectivity index (χ3n) is 2.68. The molecule has 0 heterocycles. The number of benzene rings is 2. The maximum absolute atomic E-state index is 13.3. The Morgan fingerprint density at radius 3 is 1.76 bits per heavy atom. The fraction of sp³-hybridized carbons (Fsp3) is 0.0769. The molecule has 21 heavy (non-hydrogen) atoms. The van der Waals surface area contributed by atoms with E-state index in [1.165, 1.54) is 0 Å². The summed E-state index contributed by atoms with van der Waals surface area (Å²) in [6, 6.07) is 2.39. The summed E-state index contributed by atoms with van der Waals surface area (Å²) in [6.07, 6.45) is 0. The molecule has 2 rings (SSSR count). The molecule has 0 fully saturated rings. The molecule has 0 atom stereocenters. The van der Waals surface area contributed by atoms with Crippen molar-refractivity contribution >= 4 is 5.69 Å². The minimum Gasteiger partial charge on any atom is -0.376 e. The van der Waals surface area contributed by atoms with Gasteiger partial charge in [-0.1, -0.05) is 6.07 Å². The zero-order valence-electron chi connectivity index (χ0n) is 10.1. The maximum atomic E-state index is 13.3. The average Bonchev–Trinajstić information content (AvgIpc) is 2.45. The highest BCUT2D eigenvalue weighted by Gasteiger charge is 2.25. The number of rotatable bonds is 3. The van der Waals surface area contributed by atoms with Crippen LogP contribution in [-0.2, 0) is 6.54 Å². The number of anilines is 1. The number of hydrogen-bond acceptors (Lipinski definition) is 1. The van der Waals surface area contributed by atoms with Crippen LogP contribution >= 0.6 is 0 Å². The third-order valence-corrected chi connectivity index (χ3v) is 2.68. The van der Waals surface area contributed by atoms with Crippen molar-refractivity contribution < 1.29 is 30.7 Å². The van der Waals surface area contributed by atoms with Crippen LogP contribution in [-0.4, -0.2) is 0 Å². The van der Waals surface area contributed by atoms with Gasteiger partial charge >= 0.3 is 0 Å². The van der Waals surface area contributed by atoms with E-state index in [9.17, 15) is 30.7 Å². The summed E-state index contributed by atoms with van der Waals surface area (Å²) in [6.45, 7) is -0.593. The minimum absolute atomic E-state index is 0.208. The van der Waals surface area contributed by atoms with Crippen LogP contribution in [0, 0.1) is 40.7 Å². The van der Waals surface area contributed by atoms with Gasteiger partial charge in [-0.05, 0) is 6.07 Å². The van der Waals surface area contributed by atoms with E-state index in [2.05, 4.69) is 0 Å². The van der Waals surface area contributed by atoms with Gasteiger partial charge in [-0.15, -0.1) is 0 Å². The van der Waals surface area contributed by atoms with Crippen molar-refractivity contribution in [2.45, 2.75) is 6.54 Å².